The van der Waals surface area contributed by atoms with E-state index in [0.29, 0.717) is 25.3 Å². The SMILES string of the molecule is COCCN(Cc1cccn1Cc1ccccc1)C(=O)c1ccc2ccccc2c1. The summed E-state index contributed by atoms with van der Waals surface area (Å²) in [6, 6.07) is 28.5. The molecule has 0 fully saturated rings. The second-order valence-electron chi connectivity index (χ2n) is 7.39. The molecule has 0 spiro atoms. The number of benzene rings is 3. The van der Waals surface area contributed by atoms with E-state index in [1.165, 1.54) is 5.56 Å². The van der Waals surface area contributed by atoms with Gasteiger partial charge >= 0.3 is 0 Å². The molecule has 4 heteroatoms. The van der Waals surface area contributed by atoms with Gasteiger partial charge < -0.3 is 14.2 Å². The van der Waals surface area contributed by atoms with Gasteiger partial charge in [-0.3, -0.25) is 4.79 Å². The van der Waals surface area contributed by atoms with Crippen LogP contribution in [0.2, 0.25) is 0 Å². The number of amides is 1. The molecule has 30 heavy (non-hydrogen) atoms. The molecule has 0 unspecified atom stereocenters. The van der Waals surface area contributed by atoms with Crippen molar-refractivity contribution in [2.45, 2.75) is 13.1 Å². The highest BCUT2D eigenvalue weighted by atomic mass is 16.5. The Morgan fingerprint density at radius 3 is 2.47 bits per heavy atom. The van der Waals surface area contributed by atoms with Crippen LogP contribution < -0.4 is 0 Å². The van der Waals surface area contributed by atoms with Crippen LogP contribution in [0.25, 0.3) is 10.8 Å². The van der Waals surface area contributed by atoms with Gasteiger partial charge in [-0.25, -0.2) is 0 Å². The summed E-state index contributed by atoms with van der Waals surface area (Å²) in [5.41, 5.74) is 3.04. The molecule has 1 heterocycles. The summed E-state index contributed by atoms with van der Waals surface area (Å²) in [6.07, 6.45) is 2.07. The topological polar surface area (TPSA) is 34.5 Å². The van der Waals surface area contributed by atoms with Crippen LogP contribution in [0.4, 0.5) is 0 Å². The molecule has 0 N–H and O–H groups in total. The summed E-state index contributed by atoms with van der Waals surface area (Å²) < 4.78 is 7.47. The quantitative estimate of drug-likeness (QED) is 0.420. The van der Waals surface area contributed by atoms with Gasteiger partial charge in [0.05, 0.1) is 13.2 Å². The normalized spacial score (nSPS) is 11.0. The van der Waals surface area contributed by atoms with E-state index in [2.05, 4.69) is 35.0 Å². The van der Waals surface area contributed by atoms with E-state index < -0.39 is 0 Å². The molecule has 0 aliphatic rings. The average molecular weight is 399 g/mol. The van der Waals surface area contributed by atoms with Crippen molar-refractivity contribution in [2.75, 3.05) is 20.3 Å². The van der Waals surface area contributed by atoms with Gasteiger partial charge in [-0.05, 0) is 40.6 Å². The number of nitrogens with zero attached hydrogens (tertiary/aromatic N) is 2. The highest BCUT2D eigenvalue weighted by Gasteiger charge is 2.18. The summed E-state index contributed by atoms with van der Waals surface area (Å²) in [7, 11) is 1.66. The zero-order chi connectivity index (χ0) is 20.8. The lowest BCUT2D eigenvalue weighted by atomic mass is 10.1. The Bertz CT molecular complexity index is 1120. The van der Waals surface area contributed by atoms with Gasteiger partial charge in [0.25, 0.3) is 5.91 Å². The Kier molecular flexibility index (Phi) is 6.26. The predicted molar refractivity (Wildman–Crippen MR) is 121 cm³/mol. The first-order valence-corrected chi connectivity index (χ1v) is 10.2. The van der Waals surface area contributed by atoms with E-state index in [4.69, 9.17) is 4.74 Å². The third-order valence-corrected chi connectivity index (χ3v) is 5.32. The van der Waals surface area contributed by atoms with Gasteiger partial charge in [0.1, 0.15) is 0 Å². The molecular formula is C26H26N2O2. The monoisotopic (exact) mass is 398 g/mol. The van der Waals surface area contributed by atoms with E-state index >= 15 is 0 Å². The van der Waals surface area contributed by atoms with Gasteiger partial charge in [0, 0.05) is 37.7 Å². The van der Waals surface area contributed by atoms with Crippen molar-refractivity contribution in [2.24, 2.45) is 0 Å². The molecular weight excluding hydrogens is 372 g/mol. The third-order valence-electron chi connectivity index (χ3n) is 5.32. The van der Waals surface area contributed by atoms with E-state index in [-0.39, 0.29) is 5.91 Å². The number of ether oxygens (including phenoxy) is 1. The van der Waals surface area contributed by atoms with Crippen LogP contribution >= 0.6 is 0 Å². The lowest BCUT2D eigenvalue weighted by Gasteiger charge is -2.24. The zero-order valence-corrected chi connectivity index (χ0v) is 17.2. The van der Waals surface area contributed by atoms with Crippen molar-refractivity contribution in [3.8, 4) is 0 Å². The van der Waals surface area contributed by atoms with Crippen molar-refractivity contribution in [1.82, 2.24) is 9.47 Å². The maximum Gasteiger partial charge on any atom is 0.254 e. The highest BCUT2D eigenvalue weighted by Crippen LogP contribution is 2.18. The van der Waals surface area contributed by atoms with Crippen molar-refractivity contribution < 1.29 is 9.53 Å². The molecule has 4 aromatic rings. The Morgan fingerprint density at radius 1 is 0.900 bits per heavy atom. The molecule has 3 aromatic carbocycles. The molecule has 0 aliphatic carbocycles. The van der Waals surface area contributed by atoms with E-state index in [1.807, 2.05) is 65.6 Å². The van der Waals surface area contributed by atoms with Crippen LogP contribution in [0.5, 0.6) is 0 Å². The highest BCUT2D eigenvalue weighted by molar-refractivity contribution is 5.98. The number of hydrogen-bond acceptors (Lipinski definition) is 2. The fourth-order valence-corrected chi connectivity index (χ4v) is 3.68. The molecule has 0 saturated carbocycles. The number of carbonyl (C=O) groups is 1. The summed E-state index contributed by atoms with van der Waals surface area (Å²) in [4.78, 5) is 15.2. The Balaban J connectivity index is 1.57. The maximum absolute atomic E-state index is 13.4. The molecule has 0 atom stereocenters. The summed E-state index contributed by atoms with van der Waals surface area (Å²) in [6.45, 7) is 2.36. The minimum Gasteiger partial charge on any atom is -0.383 e. The Hall–Kier alpha value is -3.37. The van der Waals surface area contributed by atoms with Crippen LogP contribution in [-0.4, -0.2) is 35.6 Å². The minimum absolute atomic E-state index is 0.0188. The van der Waals surface area contributed by atoms with E-state index in [1.54, 1.807) is 7.11 Å². The number of fused-ring (bicyclic) bond motifs is 1. The Morgan fingerprint density at radius 2 is 1.67 bits per heavy atom. The zero-order valence-electron chi connectivity index (χ0n) is 17.2. The molecule has 4 nitrogen and oxygen atoms in total. The molecule has 0 aliphatic heterocycles. The third kappa shape index (κ3) is 4.61. The second-order valence-corrected chi connectivity index (χ2v) is 7.39. The number of methoxy groups -OCH3 is 1. The summed E-state index contributed by atoms with van der Waals surface area (Å²) >= 11 is 0. The molecule has 1 amide bonds. The van der Waals surface area contributed by atoms with Crippen LogP contribution in [0.15, 0.2) is 91.1 Å². The first-order valence-electron chi connectivity index (χ1n) is 10.2. The second kappa shape index (κ2) is 9.42. The molecule has 152 valence electrons. The molecule has 1 aromatic heterocycles. The summed E-state index contributed by atoms with van der Waals surface area (Å²) in [5, 5.41) is 2.21. The largest absolute Gasteiger partial charge is 0.383 e. The molecule has 0 radical (unpaired) electrons. The molecule has 0 bridgehead atoms. The van der Waals surface area contributed by atoms with Crippen molar-refractivity contribution >= 4 is 16.7 Å². The van der Waals surface area contributed by atoms with Gasteiger partial charge in [0.15, 0.2) is 0 Å². The van der Waals surface area contributed by atoms with Gasteiger partial charge in [-0.15, -0.1) is 0 Å². The fraction of sp³-hybridized carbons (Fsp3) is 0.192. The van der Waals surface area contributed by atoms with Crippen molar-refractivity contribution in [3.05, 3.63) is 108 Å². The van der Waals surface area contributed by atoms with Gasteiger partial charge in [-0.1, -0.05) is 60.7 Å². The summed E-state index contributed by atoms with van der Waals surface area (Å²) in [5.74, 6) is 0.0188. The van der Waals surface area contributed by atoms with Crippen LogP contribution in [0.3, 0.4) is 0 Å². The smallest absolute Gasteiger partial charge is 0.254 e. The minimum atomic E-state index is 0.0188. The first-order chi connectivity index (χ1) is 14.7. The first kappa shape index (κ1) is 19.9. The number of aromatic nitrogens is 1. The number of hydrogen-bond donors (Lipinski definition) is 0. The van der Waals surface area contributed by atoms with E-state index in [9.17, 15) is 4.79 Å². The lowest BCUT2D eigenvalue weighted by Crippen LogP contribution is -2.34. The average Bonchev–Trinajstić information content (AvgIpc) is 3.23. The van der Waals surface area contributed by atoms with Gasteiger partial charge in [-0.2, -0.15) is 0 Å². The number of rotatable bonds is 8. The van der Waals surface area contributed by atoms with E-state index in [0.717, 1.165) is 23.0 Å². The van der Waals surface area contributed by atoms with Crippen molar-refractivity contribution in [1.29, 1.82) is 0 Å². The van der Waals surface area contributed by atoms with Gasteiger partial charge in [0.2, 0.25) is 0 Å². The fourth-order valence-electron chi connectivity index (χ4n) is 3.68. The maximum atomic E-state index is 13.4. The lowest BCUT2D eigenvalue weighted by molar-refractivity contribution is 0.0676. The molecule has 4 rings (SSSR count). The van der Waals surface area contributed by atoms with Crippen molar-refractivity contribution in [3.63, 3.8) is 0 Å². The molecule has 0 saturated heterocycles. The standard InChI is InChI=1S/C26H26N2O2/c1-30-17-16-28(26(29)24-14-13-22-10-5-6-11-23(22)18-24)20-25-12-7-15-27(25)19-21-8-3-2-4-9-21/h2-15,18H,16-17,19-20H2,1H3. The predicted octanol–water partition coefficient (Wildman–Crippen LogP) is 4.98. The Labute approximate surface area is 177 Å². The van der Waals surface area contributed by atoms with Crippen LogP contribution in [0, 0.1) is 0 Å². The van der Waals surface area contributed by atoms with Crippen LogP contribution in [0.1, 0.15) is 21.6 Å². The van der Waals surface area contributed by atoms with Crippen LogP contribution in [-0.2, 0) is 17.8 Å². The number of carbonyl (C=O) groups excluding carboxylic acids is 1.